The van der Waals surface area contributed by atoms with E-state index in [0.717, 1.165) is 5.56 Å². The first kappa shape index (κ1) is 25.1. The fourth-order valence-corrected chi connectivity index (χ4v) is 4.52. The lowest BCUT2D eigenvalue weighted by molar-refractivity contribution is -0.142. The fraction of sp³-hybridized carbons (Fsp3) is 0.333. The Morgan fingerprint density at radius 3 is 2.41 bits per heavy atom. The predicted octanol–water partition coefficient (Wildman–Crippen LogP) is 2.89. The molecule has 0 bridgehead atoms. The predicted molar refractivity (Wildman–Crippen MR) is 129 cm³/mol. The normalized spacial score (nSPS) is 15.9. The molecule has 1 aliphatic rings. The number of hydrogen-bond acceptors (Lipinski definition) is 6. The molecule has 1 fully saturated rings. The molecule has 3 rings (SSSR count). The van der Waals surface area contributed by atoms with Crippen LogP contribution in [0.25, 0.3) is 0 Å². The van der Waals surface area contributed by atoms with E-state index in [4.69, 9.17) is 4.74 Å². The van der Waals surface area contributed by atoms with Crippen molar-refractivity contribution in [3.05, 3.63) is 65.2 Å². The Bertz CT molecular complexity index is 1040. The number of rotatable bonds is 8. The topological polar surface area (TPSA) is 125 Å². The highest BCUT2D eigenvalue weighted by Crippen LogP contribution is 2.22. The van der Waals surface area contributed by atoms with Crippen molar-refractivity contribution >= 4 is 41.3 Å². The number of amides is 3. The van der Waals surface area contributed by atoms with E-state index in [1.807, 2.05) is 19.1 Å². The Morgan fingerprint density at radius 1 is 1.12 bits per heavy atom. The maximum absolute atomic E-state index is 12.7. The van der Waals surface area contributed by atoms with Gasteiger partial charge < -0.3 is 20.5 Å². The van der Waals surface area contributed by atoms with Crippen molar-refractivity contribution in [2.45, 2.75) is 32.4 Å². The molecule has 0 spiro atoms. The van der Waals surface area contributed by atoms with Gasteiger partial charge in [-0.05, 0) is 43.7 Å². The molecule has 0 radical (unpaired) electrons. The van der Waals surface area contributed by atoms with Crippen LogP contribution in [-0.4, -0.2) is 64.2 Å². The van der Waals surface area contributed by atoms with Gasteiger partial charge in [-0.25, -0.2) is 9.59 Å². The van der Waals surface area contributed by atoms with Crippen molar-refractivity contribution in [2.24, 2.45) is 0 Å². The molecule has 1 heterocycles. The van der Waals surface area contributed by atoms with Crippen LogP contribution in [0.15, 0.2) is 48.5 Å². The Morgan fingerprint density at radius 2 is 1.79 bits per heavy atom. The number of hydrogen-bond donors (Lipinski definition) is 3. The molecule has 0 aliphatic carbocycles. The Balaban J connectivity index is 1.60. The molecule has 2 aromatic carbocycles. The molecule has 0 unspecified atom stereocenters. The number of carboxylic acid groups (broad SMARTS) is 1. The number of anilines is 1. The van der Waals surface area contributed by atoms with Gasteiger partial charge in [-0.1, -0.05) is 29.8 Å². The van der Waals surface area contributed by atoms with E-state index in [1.54, 1.807) is 43.3 Å². The minimum atomic E-state index is -1.18. The molecular weight excluding hydrogens is 458 g/mol. The average Bonchev–Trinajstić information content (AvgIpc) is 3.30. The summed E-state index contributed by atoms with van der Waals surface area (Å²) in [7, 11) is 0. The molecular formula is C24H27N3O6S. The van der Waals surface area contributed by atoms with Gasteiger partial charge in [0.15, 0.2) is 0 Å². The van der Waals surface area contributed by atoms with Crippen LogP contribution in [0.5, 0.6) is 0 Å². The third-order valence-electron chi connectivity index (χ3n) is 5.27. The molecule has 34 heavy (non-hydrogen) atoms. The molecule has 2 aromatic rings. The summed E-state index contributed by atoms with van der Waals surface area (Å²) in [5.41, 5.74) is 2.83. The monoisotopic (exact) mass is 485 g/mol. The average molecular weight is 486 g/mol. The van der Waals surface area contributed by atoms with Gasteiger partial charge in [0.2, 0.25) is 5.91 Å². The van der Waals surface area contributed by atoms with Gasteiger partial charge in [0.05, 0.1) is 12.5 Å². The van der Waals surface area contributed by atoms with Crippen molar-refractivity contribution < 1.29 is 29.0 Å². The molecule has 3 amide bonds. The number of benzene rings is 2. The molecule has 2 atom stereocenters. The quantitative estimate of drug-likeness (QED) is 0.525. The van der Waals surface area contributed by atoms with Crippen LogP contribution in [0.2, 0.25) is 0 Å². The highest BCUT2D eigenvalue weighted by Gasteiger charge is 2.37. The zero-order valence-corrected chi connectivity index (χ0v) is 19.8. The molecule has 9 nitrogen and oxygen atoms in total. The second-order valence-electron chi connectivity index (χ2n) is 7.81. The number of nitrogens with zero attached hydrogens (tertiary/aromatic N) is 1. The van der Waals surface area contributed by atoms with Gasteiger partial charge in [-0.15, -0.1) is 11.8 Å². The standard InChI is InChI=1S/C24H27N3O6S/c1-3-33-24(32)27-14-34-13-20(27)22(29)26-19(23(30)31)12-16-6-10-18(11-7-16)25-21(28)17-8-4-15(2)5-9-17/h4-11,19-20H,3,12-14H2,1-2H3,(H,25,28)(H,26,29)(H,30,31)/t19-,20+/m0/s1. The van der Waals surface area contributed by atoms with Gasteiger partial charge in [-0.3, -0.25) is 14.5 Å². The zero-order chi connectivity index (χ0) is 24.7. The van der Waals surface area contributed by atoms with E-state index in [2.05, 4.69) is 10.6 Å². The molecule has 0 saturated carbocycles. The number of carbonyl (C=O) groups excluding carboxylic acids is 3. The van der Waals surface area contributed by atoms with E-state index < -0.39 is 30.1 Å². The lowest BCUT2D eigenvalue weighted by atomic mass is 10.0. The fourth-order valence-electron chi connectivity index (χ4n) is 3.38. The van der Waals surface area contributed by atoms with Gasteiger partial charge in [-0.2, -0.15) is 0 Å². The number of carboxylic acids is 1. The molecule has 10 heteroatoms. The molecule has 0 aromatic heterocycles. The van der Waals surface area contributed by atoms with Gasteiger partial charge >= 0.3 is 12.1 Å². The smallest absolute Gasteiger partial charge is 0.411 e. The lowest BCUT2D eigenvalue weighted by Crippen LogP contribution is -2.52. The van der Waals surface area contributed by atoms with Gasteiger partial charge in [0, 0.05) is 23.4 Å². The van der Waals surface area contributed by atoms with Crippen LogP contribution in [0.1, 0.15) is 28.4 Å². The van der Waals surface area contributed by atoms with E-state index in [0.29, 0.717) is 28.4 Å². The van der Waals surface area contributed by atoms with Crippen molar-refractivity contribution in [1.82, 2.24) is 10.2 Å². The van der Waals surface area contributed by atoms with E-state index in [1.165, 1.54) is 16.7 Å². The summed E-state index contributed by atoms with van der Waals surface area (Å²) in [6.07, 6.45) is -0.546. The van der Waals surface area contributed by atoms with Crippen molar-refractivity contribution in [3.8, 4) is 0 Å². The number of carbonyl (C=O) groups is 4. The van der Waals surface area contributed by atoms with E-state index in [9.17, 15) is 24.3 Å². The van der Waals surface area contributed by atoms with Crippen LogP contribution in [0, 0.1) is 6.92 Å². The molecule has 3 N–H and O–H groups in total. The minimum absolute atomic E-state index is 0.0481. The molecule has 1 saturated heterocycles. The SMILES string of the molecule is CCOC(=O)N1CSC[C@@H]1C(=O)N[C@@H](Cc1ccc(NC(=O)c2ccc(C)cc2)cc1)C(=O)O. The van der Waals surface area contributed by atoms with Crippen molar-refractivity contribution in [1.29, 1.82) is 0 Å². The van der Waals surface area contributed by atoms with Crippen LogP contribution < -0.4 is 10.6 Å². The van der Waals surface area contributed by atoms with Crippen LogP contribution in [0.4, 0.5) is 10.5 Å². The summed E-state index contributed by atoms with van der Waals surface area (Å²) in [4.78, 5) is 50.2. The minimum Gasteiger partial charge on any atom is -0.480 e. The second kappa shape index (κ2) is 11.6. The number of thioether (sulfide) groups is 1. The first-order valence-corrected chi connectivity index (χ1v) is 11.9. The Kier molecular flexibility index (Phi) is 8.53. The van der Waals surface area contributed by atoms with Gasteiger partial charge in [0.1, 0.15) is 12.1 Å². The molecule has 180 valence electrons. The lowest BCUT2D eigenvalue weighted by Gasteiger charge is -2.24. The number of aryl methyl sites for hydroxylation is 1. The number of aliphatic carboxylic acids is 1. The van der Waals surface area contributed by atoms with Crippen LogP contribution in [-0.2, 0) is 20.7 Å². The van der Waals surface area contributed by atoms with Crippen LogP contribution >= 0.6 is 11.8 Å². The Hall–Kier alpha value is -3.53. The summed E-state index contributed by atoms with van der Waals surface area (Å²) in [5.74, 6) is -1.29. The Labute approximate surface area is 201 Å². The highest BCUT2D eigenvalue weighted by atomic mass is 32.2. The van der Waals surface area contributed by atoms with Crippen LogP contribution in [0.3, 0.4) is 0 Å². The van der Waals surface area contributed by atoms with Crippen molar-refractivity contribution in [2.75, 3.05) is 23.6 Å². The van der Waals surface area contributed by atoms with E-state index >= 15 is 0 Å². The zero-order valence-electron chi connectivity index (χ0n) is 18.9. The highest BCUT2D eigenvalue weighted by molar-refractivity contribution is 7.99. The molecule has 1 aliphatic heterocycles. The van der Waals surface area contributed by atoms with E-state index in [-0.39, 0.29) is 18.9 Å². The van der Waals surface area contributed by atoms with Gasteiger partial charge in [0.25, 0.3) is 5.91 Å². The largest absolute Gasteiger partial charge is 0.480 e. The first-order valence-electron chi connectivity index (χ1n) is 10.8. The number of nitrogens with one attached hydrogen (secondary N) is 2. The summed E-state index contributed by atoms with van der Waals surface area (Å²) < 4.78 is 4.97. The summed E-state index contributed by atoms with van der Waals surface area (Å²) in [6.45, 7) is 3.81. The summed E-state index contributed by atoms with van der Waals surface area (Å²) in [6, 6.07) is 12.0. The first-order chi connectivity index (χ1) is 16.3. The number of ether oxygens (including phenoxy) is 1. The summed E-state index contributed by atoms with van der Waals surface area (Å²) in [5, 5.41) is 15.0. The third kappa shape index (κ3) is 6.50. The summed E-state index contributed by atoms with van der Waals surface area (Å²) >= 11 is 1.40. The van der Waals surface area contributed by atoms with Crippen molar-refractivity contribution in [3.63, 3.8) is 0 Å². The maximum Gasteiger partial charge on any atom is 0.411 e. The third-order valence-corrected chi connectivity index (χ3v) is 6.28. The maximum atomic E-state index is 12.7. The second-order valence-corrected chi connectivity index (χ2v) is 8.80.